The summed E-state index contributed by atoms with van der Waals surface area (Å²) in [7, 11) is 0. The number of carbonyl (C=O) groups is 2. The van der Waals surface area contributed by atoms with E-state index in [9.17, 15) is 22.8 Å². The van der Waals surface area contributed by atoms with Gasteiger partial charge < -0.3 is 14.2 Å². The minimum absolute atomic E-state index is 0.160. The van der Waals surface area contributed by atoms with Crippen LogP contribution >= 0.6 is 22.6 Å². The van der Waals surface area contributed by atoms with Crippen LogP contribution in [0.5, 0.6) is 5.75 Å². The lowest BCUT2D eigenvalue weighted by Gasteiger charge is -2.20. The van der Waals surface area contributed by atoms with Crippen molar-refractivity contribution in [1.29, 1.82) is 0 Å². The van der Waals surface area contributed by atoms with E-state index in [1.165, 1.54) is 36.7 Å². The number of anilines is 2. The van der Waals surface area contributed by atoms with Gasteiger partial charge in [0.1, 0.15) is 17.0 Å². The fraction of sp³-hybridized carbons (Fsp3) is 0.333. The van der Waals surface area contributed by atoms with Gasteiger partial charge in [-0.1, -0.05) is 18.2 Å². The Balaban J connectivity index is 0.000000319. The van der Waals surface area contributed by atoms with Crippen LogP contribution in [-0.2, 0) is 9.47 Å². The quantitative estimate of drug-likeness (QED) is 0.270. The topological polar surface area (TPSA) is 112 Å². The lowest BCUT2D eigenvalue weighted by molar-refractivity contribution is -0.274. The number of aromatic nitrogens is 2. The Hall–Kier alpha value is -3.62. The molecule has 2 heterocycles. The average molecular weight is 674 g/mol. The minimum Gasteiger partial charge on any atom is -0.444 e. The fourth-order valence-electron chi connectivity index (χ4n) is 2.93. The molecule has 2 amide bonds. The molecule has 0 spiro atoms. The number of hydrogen-bond donors (Lipinski definition) is 2. The van der Waals surface area contributed by atoms with Crippen molar-refractivity contribution in [1.82, 2.24) is 9.97 Å². The predicted molar refractivity (Wildman–Crippen MR) is 153 cm³/mol. The maximum atomic E-state index is 12.6. The predicted octanol–water partition coefficient (Wildman–Crippen LogP) is 8.03. The van der Waals surface area contributed by atoms with Gasteiger partial charge in [-0.05, 0) is 82.3 Å². The van der Waals surface area contributed by atoms with E-state index in [0.717, 1.165) is 3.57 Å². The molecule has 1 aromatic carbocycles. The monoisotopic (exact) mass is 674 g/mol. The molecule has 13 heteroatoms. The van der Waals surface area contributed by atoms with Crippen molar-refractivity contribution < 1.29 is 37.0 Å². The Morgan fingerprint density at radius 3 is 1.77 bits per heavy atom. The summed E-state index contributed by atoms with van der Waals surface area (Å²) in [5.74, 6) is -0.381. The molecular formula is C27H30F3IN4O5. The van der Waals surface area contributed by atoms with Crippen molar-refractivity contribution in [2.75, 3.05) is 10.6 Å². The molecule has 2 N–H and O–H groups in total. The summed E-state index contributed by atoms with van der Waals surface area (Å²) >= 11 is 2.12. The summed E-state index contributed by atoms with van der Waals surface area (Å²) in [5.41, 5.74) is 0.137. The van der Waals surface area contributed by atoms with Gasteiger partial charge in [0.05, 0.1) is 23.8 Å². The van der Waals surface area contributed by atoms with Gasteiger partial charge in [0.15, 0.2) is 0 Å². The summed E-state index contributed by atoms with van der Waals surface area (Å²) in [6.45, 7) is 10.6. The number of ether oxygens (including phenoxy) is 3. The Morgan fingerprint density at radius 2 is 1.25 bits per heavy atom. The molecule has 0 unspecified atom stereocenters. The number of para-hydroxylation sites is 1. The number of benzene rings is 1. The molecule has 2 aromatic heterocycles. The molecule has 0 aliphatic rings. The molecule has 0 saturated heterocycles. The van der Waals surface area contributed by atoms with Gasteiger partial charge in [0.2, 0.25) is 0 Å². The van der Waals surface area contributed by atoms with Crippen molar-refractivity contribution in [3.63, 3.8) is 0 Å². The number of nitrogens with one attached hydrogen (secondary N) is 2. The highest BCUT2D eigenvalue weighted by Gasteiger charge is 2.32. The fourth-order valence-corrected chi connectivity index (χ4v) is 3.36. The van der Waals surface area contributed by atoms with Crippen molar-refractivity contribution in [3.05, 3.63) is 64.8 Å². The Morgan fingerprint density at radius 1 is 0.750 bits per heavy atom. The van der Waals surface area contributed by atoms with Crippen molar-refractivity contribution >= 4 is 46.2 Å². The van der Waals surface area contributed by atoms with E-state index < -0.39 is 29.8 Å². The van der Waals surface area contributed by atoms with Gasteiger partial charge in [0, 0.05) is 27.1 Å². The van der Waals surface area contributed by atoms with E-state index in [-0.39, 0.29) is 17.0 Å². The van der Waals surface area contributed by atoms with E-state index in [2.05, 4.69) is 47.9 Å². The van der Waals surface area contributed by atoms with Gasteiger partial charge in [-0.15, -0.1) is 13.2 Å². The summed E-state index contributed by atoms with van der Waals surface area (Å²) < 4.78 is 53.1. The Labute approximate surface area is 244 Å². The summed E-state index contributed by atoms with van der Waals surface area (Å²) in [4.78, 5) is 31.2. The Kier molecular flexibility index (Phi) is 11.1. The highest BCUT2D eigenvalue weighted by Crippen LogP contribution is 2.37. The van der Waals surface area contributed by atoms with Crippen LogP contribution in [-0.4, -0.2) is 39.7 Å². The second-order valence-electron chi connectivity index (χ2n) is 10.1. The van der Waals surface area contributed by atoms with Crippen LogP contribution in [0.2, 0.25) is 0 Å². The van der Waals surface area contributed by atoms with Crippen molar-refractivity contribution in [2.24, 2.45) is 0 Å². The number of rotatable bonds is 4. The molecule has 0 radical (unpaired) electrons. The van der Waals surface area contributed by atoms with Crippen molar-refractivity contribution in [3.8, 4) is 16.9 Å². The number of pyridine rings is 2. The first-order valence-electron chi connectivity index (χ1n) is 11.8. The van der Waals surface area contributed by atoms with Crippen LogP contribution in [0, 0.1) is 3.57 Å². The van der Waals surface area contributed by atoms with Gasteiger partial charge in [-0.3, -0.25) is 20.6 Å². The first kappa shape index (κ1) is 32.6. The molecular weight excluding hydrogens is 644 g/mol. The number of hydrogen-bond acceptors (Lipinski definition) is 7. The van der Waals surface area contributed by atoms with Crippen LogP contribution in [0.25, 0.3) is 11.1 Å². The van der Waals surface area contributed by atoms with E-state index in [1.807, 2.05) is 26.8 Å². The molecule has 0 fully saturated rings. The zero-order valence-electron chi connectivity index (χ0n) is 22.7. The maximum Gasteiger partial charge on any atom is 0.573 e. The van der Waals surface area contributed by atoms with Gasteiger partial charge in [-0.25, -0.2) is 9.59 Å². The largest absolute Gasteiger partial charge is 0.573 e. The molecule has 0 aliphatic heterocycles. The van der Waals surface area contributed by atoms with Gasteiger partial charge in [0.25, 0.3) is 0 Å². The third-order valence-corrected chi connectivity index (χ3v) is 5.20. The van der Waals surface area contributed by atoms with Gasteiger partial charge >= 0.3 is 18.5 Å². The third kappa shape index (κ3) is 12.1. The normalized spacial score (nSPS) is 11.4. The smallest absolute Gasteiger partial charge is 0.444 e. The molecule has 216 valence electrons. The highest BCUT2D eigenvalue weighted by molar-refractivity contribution is 14.1. The first-order valence-corrected chi connectivity index (χ1v) is 12.9. The van der Waals surface area contributed by atoms with E-state index in [4.69, 9.17) is 9.47 Å². The van der Waals surface area contributed by atoms with E-state index >= 15 is 0 Å². The molecule has 0 aliphatic carbocycles. The summed E-state index contributed by atoms with van der Waals surface area (Å²) in [6.07, 6.45) is -0.0523. The minimum atomic E-state index is -4.83. The highest BCUT2D eigenvalue weighted by atomic mass is 127. The van der Waals surface area contributed by atoms with Crippen molar-refractivity contribution in [2.45, 2.75) is 59.1 Å². The number of amides is 2. The second-order valence-corrected chi connectivity index (χ2v) is 11.2. The maximum absolute atomic E-state index is 12.6. The van der Waals surface area contributed by atoms with Crippen LogP contribution in [0.4, 0.5) is 34.1 Å². The first-order chi connectivity index (χ1) is 18.4. The summed E-state index contributed by atoms with van der Waals surface area (Å²) in [6, 6.07) is 8.93. The second kappa shape index (κ2) is 13.6. The molecule has 3 aromatic rings. The van der Waals surface area contributed by atoms with Crippen LogP contribution in [0.3, 0.4) is 0 Å². The lowest BCUT2D eigenvalue weighted by atomic mass is 10.0. The van der Waals surface area contributed by atoms with E-state index in [0.29, 0.717) is 11.3 Å². The van der Waals surface area contributed by atoms with Crippen LogP contribution < -0.4 is 15.4 Å². The number of carbonyl (C=O) groups excluding carboxylic acids is 2. The molecule has 0 saturated carbocycles. The van der Waals surface area contributed by atoms with Crippen LogP contribution in [0.1, 0.15) is 41.5 Å². The summed E-state index contributed by atoms with van der Waals surface area (Å²) in [5, 5.41) is 5.13. The lowest BCUT2D eigenvalue weighted by Crippen LogP contribution is -2.27. The number of nitrogens with zero attached hydrogens (tertiary/aromatic N) is 2. The number of alkyl halides is 3. The SMILES string of the molecule is CC(C)(C)OC(=O)Nc1cnccc1-c1ccccc1OC(F)(F)F.CC(C)(C)OC(=O)Nc1cnccc1I. The molecule has 3 rings (SSSR count). The van der Waals surface area contributed by atoms with Crippen LogP contribution in [0.15, 0.2) is 61.2 Å². The van der Waals surface area contributed by atoms with E-state index in [1.54, 1.807) is 39.2 Å². The Bertz CT molecular complexity index is 1310. The zero-order chi connectivity index (χ0) is 30.1. The standard InChI is InChI=1S/C17H17F3N2O3.C10H13IN2O2/c1-16(2,3)25-15(23)22-13-10-21-9-8-11(13)12-6-4-5-7-14(12)24-17(18,19)20;1-10(2,3)15-9(14)13-8-6-12-5-4-7(8)11/h4-10H,1-3H3,(H,22,23);4-6H,1-3H3,(H,13,14). The third-order valence-electron chi connectivity index (χ3n) is 4.26. The molecule has 0 atom stereocenters. The number of halogens is 4. The average Bonchev–Trinajstić information content (AvgIpc) is 2.78. The molecule has 9 nitrogen and oxygen atoms in total. The van der Waals surface area contributed by atoms with Gasteiger partial charge in [-0.2, -0.15) is 0 Å². The molecule has 40 heavy (non-hydrogen) atoms. The zero-order valence-corrected chi connectivity index (χ0v) is 24.9. The molecule has 0 bridgehead atoms.